The average molecular weight is 432 g/mol. The third-order valence-corrected chi connectivity index (χ3v) is 5.27. The van der Waals surface area contributed by atoms with Gasteiger partial charge >= 0.3 is 0 Å². The van der Waals surface area contributed by atoms with E-state index in [2.05, 4.69) is 30.5 Å². The van der Waals surface area contributed by atoms with E-state index < -0.39 is 5.60 Å². The molecule has 0 N–H and O–H groups in total. The number of halogens is 2. The Balaban J connectivity index is 1.96. The maximum atomic E-state index is 6.72. The van der Waals surface area contributed by atoms with Crippen molar-refractivity contribution < 1.29 is 9.47 Å². The molecule has 29 heavy (non-hydrogen) atoms. The van der Waals surface area contributed by atoms with E-state index in [-0.39, 0.29) is 5.92 Å². The number of hydrogen-bond acceptors (Lipinski definition) is 4. The van der Waals surface area contributed by atoms with Gasteiger partial charge in [0.15, 0.2) is 0 Å². The van der Waals surface area contributed by atoms with Crippen LogP contribution in [0.5, 0.6) is 11.5 Å². The van der Waals surface area contributed by atoms with E-state index >= 15 is 0 Å². The van der Waals surface area contributed by atoms with Gasteiger partial charge in [-0.1, -0.05) is 49.2 Å². The Bertz CT molecular complexity index is 943. The highest BCUT2D eigenvalue weighted by atomic mass is 35.5. The summed E-state index contributed by atoms with van der Waals surface area (Å²) in [7, 11) is 0. The lowest BCUT2D eigenvalue weighted by molar-refractivity contribution is -0.0866. The summed E-state index contributed by atoms with van der Waals surface area (Å²) in [6, 6.07) is 12.8. The Labute approximate surface area is 180 Å². The third kappa shape index (κ3) is 4.99. The van der Waals surface area contributed by atoms with Crippen LogP contribution in [0.15, 0.2) is 67.8 Å². The van der Waals surface area contributed by atoms with Crippen molar-refractivity contribution in [1.82, 2.24) is 14.8 Å². The molecule has 0 bridgehead atoms. The van der Waals surface area contributed by atoms with E-state index in [0.717, 1.165) is 5.56 Å². The van der Waals surface area contributed by atoms with Crippen molar-refractivity contribution in [2.45, 2.75) is 26.0 Å². The van der Waals surface area contributed by atoms with Crippen LogP contribution in [0.1, 0.15) is 19.4 Å². The Morgan fingerprint density at radius 2 is 1.86 bits per heavy atom. The summed E-state index contributed by atoms with van der Waals surface area (Å²) in [5.41, 5.74) is 0.146. The molecule has 0 amide bonds. The number of aromatic nitrogens is 3. The second-order valence-electron chi connectivity index (χ2n) is 6.93. The van der Waals surface area contributed by atoms with Crippen LogP contribution in [0.25, 0.3) is 0 Å². The van der Waals surface area contributed by atoms with Gasteiger partial charge in [-0.15, -0.1) is 6.58 Å². The molecule has 1 aromatic heterocycles. The predicted molar refractivity (Wildman–Crippen MR) is 116 cm³/mol. The normalized spacial score (nSPS) is 13.3. The van der Waals surface area contributed by atoms with Crippen molar-refractivity contribution in [2.24, 2.45) is 5.92 Å². The molecule has 5 nitrogen and oxygen atoms in total. The first-order valence-electron chi connectivity index (χ1n) is 9.25. The first-order valence-corrected chi connectivity index (χ1v) is 10.0. The van der Waals surface area contributed by atoms with E-state index in [1.54, 1.807) is 47.4 Å². The van der Waals surface area contributed by atoms with Crippen LogP contribution in [0, 0.1) is 5.92 Å². The molecule has 0 aliphatic rings. The van der Waals surface area contributed by atoms with Crippen molar-refractivity contribution in [2.75, 3.05) is 6.61 Å². The summed E-state index contributed by atoms with van der Waals surface area (Å²) in [5.74, 6) is 1.41. The minimum absolute atomic E-state index is 0.104. The van der Waals surface area contributed by atoms with E-state index in [0.29, 0.717) is 34.7 Å². The highest BCUT2D eigenvalue weighted by Crippen LogP contribution is 2.41. The van der Waals surface area contributed by atoms with Crippen LogP contribution in [-0.2, 0) is 16.9 Å². The largest absolute Gasteiger partial charge is 0.457 e. The Hall–Kier alpha value is -2.34. The van der Waals surface area contributed by atoms with Crippen LogP contribution < -0.4 is 4.74 Å². The molecule has 7 heteroatoms. The maximum absolute atomic E-state index is 6.72. The van der Waals surface area contributed by atoms with Crippen molar-refractivity contribution >= 4 is 23.2 Å². The number of nitrogens with zero attached hydrogens (tertiary/aromatic N) is 3. The topological polar surface area (TPSA) is 49.2 Å². The average Bonchev–Trinajstić information content (AvgIpc) is 3.20. The van der Waals surface area contributed by atoms with Gasteiger partial charge in [-0.05, 0) is 42.3 Å². The summed E-state index contributed by atoms with van der Waals surface area (Å²) >= 11 is 12.6. The third-order valence-electron chi connectivity index (χ3n) is 4.70. The first kappa shape index (κ1) is 21.4. The first-order chi connectivity index (χ1) is 13.9. The molecule has 1 heterocycles. The monoisotopic (exact) mass is 431 g/mol. The minimum Gasteiger partial charge on any atom is -0.457 e. The molecule has 0 aliphatic heterocycles. The molecule has 1 unspecified atom stereocenters. The lowest BCUT2D eigenvalue weighted by Crippen LogP contribution is -2.40. The van der Waals surface area contributed by atoms with E-state index in [1.807, 2.05) is 12.1 Å². The lowest BCUT2D eigenvalue weighted by atomic mass is 9.82. The van der Waals surface area contributed by atoms with Gasteiger partial charge in [-0.3, -0.25) is 0 Å². The summed E-state index contributed by atoms with van der Waals surface area (Å²) in [4.78, 5) is 4.04. The molecule has 0 radical (unpaired) electrons. The van der Waals surface area contributed by atoms with Crippen molar-refractivity contribution in [3.8, 4) is 11.5 Å². The zero-order chi connectivity index (χ0) is 20.9. The minimum atomic E-state index is -0.711. The molecule has 3 rings (SSSR count). The summed E-state index contributed by atoms with van der Waals surface area (Å²) in [6.07, 6.45) is 4.90. The number of ether oxygens (including phenoxy) is 2. The molecule has 1 atom stereocenters. The van der Waals surface area contributed by atoms with Gasteiger partial charge in [0.25, 0.3) is 0 Å². The number of rotatable bonds is 9. The number of hydrogen-bond donors (Lipinski definition) is 0. The van der Waals surface area contributed by atoms with Gasteiger partial charge in [0.1, 0.15) is 29.8 Å². The van der Waals surface area contributed by atoms with Gasteiger partial charge in [-0.2, -0.15) is 5.10 Å². The van der Waals surface area contributed by atoms with Crippen molar-refractivity contribution in [3.63, 3.8) is 0 Å². The Morgan fingerprint density at radius 1 is 1.14 bits per heavy atom. The molecule has 152 valence electrons. The molecule has 3 aromatic rings. The van der Waals surface area contributed by atoms with Gasteiger partial charge in [0, 0.05) is 10.6 Å². The van der Waals surface area contributed by atoms with Crippen LogP contribution in [0.2, 0.25) is 10.0 Å². The van der Waals surface area contributed by atoms with Gasteiger partial charge in [-0.25, -0.2) is 9.67 Å². The molecule has 0 spiro atoms. The molecule has 2 aromatic carbocycles. The quantitative estimate of drug-likeness (QED) is 0.382. The predicted octanol–water partition coefficient (Wildman–Crippen LogP) is 6.13. The highest BCUT2D eigenvalue weighted by Gasteiger charge is 2.39. The summed E-state index contributed by atoms with van der Waals surface area (Å²) in [5, 5.41) is 5.45. The Kier molecular flexibility index (Phi) is 6.96. The molecule has 0 saturated heterocycles. The highest BCUT2D eigenvalue weighted by molar-refractivity contribution is 6.31. The van der Waals surface area contributed by atoms with E-state index in [1.165, 1.54) is 6.33 Å². The van der Waals surface area contributed by atoms with Crippen LogP contribution in [-0.4, -0.2) is 21.4 Å². The standard InChI is InChI=1S/C22H23Cl2N3O2/c1-4-11-28-22(16(2)3,13-27-15-25-14-26-27)20-10-9-19(12-21(20)24)29-18-7-5-17(23)6-8-18/h4-10,12,14-16H,1,11,13H2,2-3H3. The lowest BCUT2D eigenvalue weighted by Gasteiger charge is -2.38. The van der Waals surface area contributed by atoms with E-state index in [4.69, 9.17) is 32.7 Å². The fraction of sp³-hybridized carbons (Fsp3) is 0.273. The van der Waals surface area contributed by atoms with Gasteiger partial charge in [0.2, 0.25) is 0 Å². The van der Waals surface area contributed by atoms with Crippen molar-refractivity contribution in [1.29, 1.82) is 0 Å². The van der Waals surface area contributed by atoms with E-state index in [9.17, 15) is 0 Å². The fourth-order valence-corrected chi connectivity index (χ4v) is 3.63. The second-order valence-corrected chi connectivity index (χ2v) is 7.78. The molecular weight excluding hydrogens is 409 g/mol. The Morgan fingerprint density at radius 3 is 2.45 bits per heavy atom. The second kappa shape index (κ2) is 9.44. The van der Waals surface area contributed by atoms with Gasteiger partial charge in [0.05, 0.1) is 18.2 Å². The molecule has 0 saturated carbocycles. The smallest absolute Gasteiger partial charge is 0.137 e. The van der Waals surface area contributed by atoms with Crippen LogP contribution >= 0.6 is 23.2 Å². The SMILES string of the molecule is C=CCOC(Cn1cncn1)(c1ccc(Oc2ccc(Cl)cc2)cc1Cl)C(C)C. The zero-order valence-corrected chi connectivity index (χ0v) is 17.9. The van der Waals surface area contributed by atoms with Gasteiger partial charge < -0.3 is 9.47 Å². The van der Waals surface area contributed by atoms with Crippen LogP contribution in [0.4, 0.5) is 0 Å². The van der Waals surface area contributed by atoms with Crippen LogP contribution in [0.3, 0.4) is 0 Å². The van der Waals surface area contributed by atoms with Crippen molar-refractivity contribution in [3.05, 3.63) is 83.4 Å². The molecule has 0 fully saturated rings. The molecular formula is C22H23Cl2N3O2. The maximum Gasteiger partial charge on any atom is 0.137 e. The number of benzene rings is 2. The zero-order valence-electron chi connectivity index (χ0n) is 16.4. The summed E-state index contributed by atoms with van der Waals surface area (Å²) in [6.45, 7) is 8.81. The fourth-order valence-electron chi connectivity index (χ4n) is 3.17. The summed E-state index contributed by atoms with van der Waals surface area (Å²) < 4.78 is 14.0. The molecule has 0 aliphatic carbocycles.